The van der Waals surface area contributed by atoms with Crippen LogP contribution in [0.3, 0.4) is 0 Å². The summed E-state index contributed by atoms with van der Waals surface area (Å²) in [4.78, 5) is 0. The molecule has 12 atom stereocenters. The molecule has 3 N–H and O–H groups in total. The minimum Gasteiger partial charge on any atom is -0.390 e. The minimum atomic E-state index is -1.05. The van der Waals surface area contributed by atoms with E-state index in [1.54, 1.807) is 6.92 Å². The van der Waals surface area contributed by atoms with Gasteiger partial charge in [0.1, 0.15) is 0 Å². The summed E-state index contributed by atoms with van der Waals surface area (Å²) in [5.74, 6) is 2.31. The fourth-order valence-corrected chi connectivity index (χ4v) is 7.61. The molecular weight excluding hydrogens is 416 g/mol. The van der Waals surface area contributed by atoms with Gasteiger partial charge >= 0.3 is 0 Å². The van der Waals surface area contributed by atoms with E-state index in [9.17, 15) is 15.3 Å². The number of fused-ring (bicyclic) bond motifs is 1. The monoisotopic (exact) mass is 468 g/mol. The summed E-state index contributed by atoms with van der Waals surface area (Å²) in [5.41, 5.74) is 0. The second kappa shape index (κ2) is 11.7. The molecule has 3 aliphatic rings. The maximum Gasteiger partial charge on any atom is 0.162 e. The van der Waals surface area contributed by atoms with Crippen molar-refractivity contribution in [1.82, 2.24) is 0 Å². The van der Waals surface area contributed by atoms with Gasteiger partial charge in [0.25, 0.3) is 0 Å². The topological polar surface area (TPSA) is 79.2 Å². The summed E-state index contributed by atoms with van der Waals surface area (Å²) in [7, 11) is 0. The minimum absolute atomic E-state index is 0.00181. The lowest BCUT2D eigenvalue weighted by atomic mass is 9.61. The molecule has 1 heterocycles. The molecule has 1 saturated heterocycles. The highest BCUT2D eigenvalue weighted by molar-refractivity contribution is 4.95. The van der Waals surface area contributed by atoms with E-state index in [0.717, 1.165) is 45.3 Å². The largest absolute Gasteiger partial charge is 0.390 e. The number of aliphatic hydroxyl groups is 3. The molecule has 0 radical (unpaired) electrons. The van der Waals surface area contributed by atoms with Crippen LogP contribution in [-0.4, -0.2) is 53.1 Å². The highest BCUT2D eigenvalue weighted by atomic mass is 16.6. The van der Waals surface area contributed by atoms with Gasteiger partial charge in [0.2, 0.25) is 0 Å². The highest BCUT2D eigenvalue weighted by Gasteiger charge is 2.47. The standard InChI is InChI=1S/C28H52O5/c1-7-32-15-21-14-17(2)8-10-23(21)19(4)26(29)27(30)20(5)24-11-9-18(3)22-12-13-28(6,31)33-16-25(22)24/h17-27,29-31H,7-16H2,1-6H3/t17-,18-,19?,20?,21?,22?,23+,24+,25?,26?,27?,28+/m1/s1. The van der Waals surface area contributed by atoms with Gasteiger partial charge < -0.3 is 24.8 Å². The van der Waals surface area contributed by atoms with Crippen molar-refractivity contribution in [2.75, 3.05) is 19.8 Å². The van der Waals surface area contributed by atoms with Gasteiger partial charge in [-0.05, 0) is 92.8 Å². The molecule has 0 aromatic rings. The molecule has 0 spiro atoms. The average Bonchev–Trinajstić information content (AvgIpc) is 2.95. The third kappa shape index (κ3) is 6.52. The molecule has 3 rings (SSSR count). The maximum atomic E-state index is 11.4. The summed E-state index contributed by atoms with van der Waals surface area (Å²) >= 11 is 0. The molecule has 0 bridgehead atoms. The Morgan fingerprint density at radius 3 is 2.24 bits per heavy atom. The van der Waals surface area contributed by atoms with Crippen LogP contribution in [0.15, 0.2) is 0 Å². The van der Waals surface area contributed by atoms with Crippen LogP contribution in [0.4, 0.5) is 0 Å². The first-order valence-electron chi connectivity index (χ1n) is 13.9. The SMILES string of the molecule is CCOCC1C[C@H](C)CC[C@H]1C(C)C(O)C(O)C(C)[C@@H]1CC[C@@H](C)C2CC[C@@](C)(O)OCC21. The Morgan fingerprint density at radius 2 is 1.58 bits per heavy atom. The molecule has 2 saturated carbocycles. The molecule has 0 amide bonds. The Bertz CT molecular complexity index is 595. The van der Waals surface area contributed by atoms with E-state index in [0.29, 0.717) is 54.5 Å². The lowest BCUT2D eigenvalue weighted by Gasteiger charge is -2.46. The third-order valence-electron chi connectivity index (χ3n) is 9.93. The molecule has 5 heteroatoms. The first-order chi connectivity index (χ1) is 15.6. The van der Waals surface area contributed by atoms with Crippen LogP contribution in [0.1, 0.15) is 86.5 Å². The number of aliphatic hydroxyl groups excluding tert-OH is 2. The van der Waals surface area contributed by atoms with E-state index in [1.807, 2.05) is 6.92 Å². The van der Waals surface area contributed by atoms with Crippen LogP contribution in [-0.2, 0) is 9.47 Å². The second-order valence-electron chi connectivity index (χ2n) is 12.3. The van der Waals surface area contributed by atoms with Gasteiger partial charge in [-0.3, -0.25) is 0 Å². The molecule has 7 unspecified atom stereocenters. The van der Waals surface area contributed by atoms with E-state index in [1.165, 1.54) is 6.42 Å². The predicted octanol–water partition coefficient (Wildman–Crippen LogP) is 4.87. The van der Waals surface area contributed by atoms with Crippen LogP contribution in [0.2, 0.25) is 0 Å². The van der Waals surface area contributed by atoms with Crippen molar-refractivity contribution in [2.24, 2.45) is 53.3 Å². The Hall–Kier alpha value is -0.200. The van der Waals surface area contributed by atoms with Crippen LogP contribution < -0.4 is 0 Å². The highest BCUT2D eigenvalue weighted by Crippen LogP contribution is 2.48. The molecule has 3 fully saturated rings. The van der Waals surface area contributed by atoms with E-state index in [2.05, 4.69) is 27.7 Å². The van der Waals surface area contributed by atoms with E-state index >= 15 is 0 Å². The number of ether oxygens (including phenoxy) is 2. The molecular formula is C28H52O5. The van der Waals surface area contributed by atoms with Crippen molar-refractivity contribution in [1.29, 1.82) is 0 Å². The van der Waals surface area contributed by atoms with Crippen LogP contribution >= 0.6 is 0 Å². The Kier molecular flexibility index (Phi) is 9.70. The Morgan fingerprint density at radius 1 is 0.939 bits per heavy atom. The quantitative estimate of drug-likeness (QED) is 0.474. The fourth-order valence-electron chi connectivity index (χ4n) is 7.61. The van der Waals surface area contributed by atoms with Crippen molar-refractivity contribution in [2.45, 2.75) is 104 Å². The molecule has 5 nitrogen and oxygen atoms in total. The Balaban J connectivity index is 1.69. The van der Waals surface area contributed by atoms with Gasteiger partial charge in [0.05, 0.1) is 18.8 Å². The van der Waals surface area contributed by atoms with Gasteiger partial charge in [-0.2, -0.15) is 0 Å². The van der Waals surface area contributed by atoms with E-state index < -0.39 is 18.0 Å². The van der Waals surface area contributed by atoms with Gasteiger partial charge in [0.15, 0.2) is 5.79 Å². The fraction of sp³-hybridized carbons (Fsp3) is 1.00. The van der Waals surface area contributed by atoms with Crippen molar-refractivity contribution in [3.63, 3.8) is 0 Å². The molecule has 1 aliphatic heterocycles. The number of hydrogen-bond donors (Lipinski definition) is 3. The average molecular weight is 469 g/mol. The van der Waals surface area contributed by atoms with Crippen molar-refractivity contribution in [3.8, 4) is 0 Å². The summed E-state index contributed by atoms with van der Waals surface area (Å²) in [6.45, 7) is 14.8. The molecule has 194 valence electrons. The first-order valence-corrected chi connectivity index (χ1v) is 13.9. The maximum absolute atomic E-state index is 11.4. The summed E-state index contributed by atoms with van der Waals surface area (Å²) < 4.78 is 11.7. The summed E-state index contributed by atoms with van der Waals surface area (Å²) in [6.07, 6.45) is 5.82. The van der Waals surface area contributed by atoms with E-state index in [-0.39, 0.29) is 11.8 Å². The lowest BCUT2D eigenvalue weighted by Crippen LogP contribution is -2.48. The normalized spacial score (nSPS) is 43.7. The van der Waals surface area contributed by atoms with Crippen molar-refractivity contribution < 1.29 is 24.8 Å². The zero-order valence-electron chi connectivity index (χ0n) is 22.1. The number of hydrogen-bond acceptors (Lipinski definition) is 5. The zero-order valence-corrected chi connectivity index (χ0v) is 22.1. The smallest absolute Gasteiger partial charge is 0.162 e. The Labute approximate surface area is 202 Å². The van der Waals surface area contributed by atoms with E-state index in [4.69, 9.17) is 9.47 Å². The molecule has 2 aliphatic carbocycles. The summed E-state index contributed by atoms with van der Waals surface area (Å²) in [5, 5.41) is 33.3. The third-order valence-corrected chi connectivity index (χ3v) is 9.93. The second-order valence-corrected chi connectivity index (χ2v) is 12.3. The predicted molar refractivity (Wildman–Crippen MR) is 132 cm³/mol. The lowest BCUT2D eigenvalue weighted by molar-refractivity contribution is -0.198. The van der Waals surface area contributed by atoms with Crippen LogP contribution in [0.25, 0.3) is 0 Å². The van der Waals surface area contributed by atoms with Crippen LogP contribution in [0, 0.1) is 53.3 Å². The zero-order chi connectivity index (χ0) is 24.3. The molecule has 33 heavy (non-hydrogen) atoms. The molecule has 0 aromatic carbocycles. The molecule has 0 aromatic heterocycles. The van der Waals surface area contributed by atoms with Gasteiger partial charge in [0, 0.05) is 19.6 Å². The van der Waals surface area contributed by atoms with Crippen molar-refractivity contribution in [3.05, 3.63) is 0 Å². The number of rotatable bonds is 8. The first kappa shape index (κ1) is 27.4. The van der Waals surface area contributed by atoms with Crippen molar-refractivity contribution >= 4 is 0 Å². The van der Waals surface area contributed by atoms with Crippen LogP contribution in [0.5, 0.6) is 0 Å². The van der Waals surface area contributed by atoms with Gasteiger partial charge in [-0.15, -0.1) is 0 Å². The summed E-state index contributed by atoms with van der Waals surface area (Å²) in [6, 6.07) is 0. The van der Waals surface area contributed by atoms with Gasteiger partial charge in [-0.25, -0.2) is 0 Å². The van der Waals surface area contributed by atoms with Gasteiger partial charge in [-0.1, -0.05) is 40.5 Å².